The summed E-state index contributed by atoms with van der Waals surface area (Å²) in [5.74, 6) is 2.52. The Morgan fingerprint density at radius 2 is 1.70 bits per heavy atom. The molecule has 0 aliphatic carbocycles. The minimum atomic E-state index is 0.0795. The average molecular weight is 537 g/mol. The first kappa shape index (κ1) is 26.0. The number of fused-ring (bicyclic) bond motifs is 1. The molecule has 1 N–H and O–H groups in total. The highest BCUT2D eigenvalue weighted by molar-refractivity contribution is 5.99. The van der Waals surface area contributed by atoms with Crippen LogP contribution in [0.1, 0.15) is 41.3 Å². The van der Waals surface area contributed by atoms with Crippen LogP contribution in [-0.2, 0) is 6.54 Å². The molecule has 2 fully saturated rings. The third kappa shape index (κ3) is 5.70. The van der Waals surface area contributed by atoms with E-state index in [1.807, 2.05) is 42.6 Å². The number of anilines is 3. The smallest absolute Gasteiger partial charge is 0.229 e. The molecule has 0 unspecified atom stereocenters. The second kappa shape index (κ2) is 11.5. The lowest BCUT2D eigenvalue weighted by atomic mass is 10.1. The van der Waals surface area contributed by atoms with Crippen molar-refractivity contribution < 1.29 is 4.79 Å². The molecule has 2 saturated heterocycles. The lowest BCUT2D eigenvalue weighted by Crippen LogP contribution is -2.45. The zero-order valence-corrected chi connectivity index (χ0v) is 23.3. The molecule has 0 bridgehead atoms. The van der Waals surface area contributed by atoms with Gasteiger partial charge in [-0.15, -0.1) is 0 Å². The molecule has 6 rings (SSSR count). The summed E-state index contributed by atoms with van der Waals surface area (Å²) < 4.78 is 2.22. The Kier molecular flexibility index (Phi) is 7.46. The van der Waals surface area contributed by atoms with Crippen LogP contribution in [0.3, 0.4) is 0 Å². The third-order valence-electron chi connectivity index (χ3n) is 7.83. The first-order valence-corrected chi connectivity index (χ1v) is 14.1. The Morgan fingerprint density at radius 3 is 2.45 bits per heavy atom. The Hall–Kier alpha value is -4.24. The van der Waals surface area contributed by atoms with Crippen molar-refractivity contribution in [1.82, 2.24) is 19.4 Å². The number of benzene rings is 2. The van der Waals surface area contributed by atoms with Gasteiger partial charge in [0.2, 0.25) is 5.95 Å². The fourth-order valence-corrected chi connectivity index (χ4v) is 5.45. The molecule has 206 valence electrons. The van der Waals surface area contributed by atoms with Gasteiger partial charge in [-0.25, -0.2) is 0 Å². The number of para-hydroxylation sites is 1. The number of hydrogen-bond donors (Lipinski definition) is 1. The number of nitrogens with zero attached hydrogens (tertiary/aromatic N) is 7. The van der Waals surface area contributed by atoms with Crippen molar-refractivity contribution in [1.29, 1.82) is 0 Å². The van der Waals surface area contributed by atoms with Gasteiger partial charge in [0.05, 0.1) is 6.21 Å². The van der Waals surface area contributed by atoms with Gasteiger partial charge in [-0.3, -0.25) is 10.2 Å². The maximum absolute atomic E-state index is 11.7. The quantitative estimate of drug-likeness (QED) is 0.202. The molecule has 0 atom stereocenters. The van der Waals surface area contributed by atoms with Crippen molar-refractivity contribution in [2.24, 2.45) is 5.10 Å². The van der Waals surface area contributed by atoms with Crippen LogP contribution in [-0.4, -0.2) is 77.7 Å². The summed E-state index contributed by atoms with van der Waals surface area (Å²) in [4.78, 5) is 28.4. The topological polar surface area (TPSA) is 81.9 Å². The van der Waals surface area contributed by atoms with E-state index in [4.69, 9.17) is 9.97 Å². The highest BCUT2D eigenvalue weighted by Crippen LogP contribution is 2.25. The number of aromatic nitrogens is 3. The van der Waals surface area contributed by atoms with Crippen LogP contribution in [0.5, 0.6) is 0 Å². The van der Waals surface area contributed by atoms with Crippen molar-refractivity contribution in [3.63, 3.8) is 0 Å². The van der Waals surface area contributed by atoms with Crippen LogP contribution in [0.25, 0.3) is 10.9 Å². The Bertz CT molecular complexity index is 1510. The standard InChI is InChI=1S/C31H36N8O/c1-23(40)25-11-9-24(10-12-25)21-39-22-26(27-7-3-4-8-28(27)39)20-32-35-29-19-30(37-13-5-6-14-37)34-31(33-29)38-17-15-36(2)16-18-38/h3-4,7-12,19-20,22H,5-6,13-18,21H2,1-2H3,(H,33,34,35)/b32-20+. The zero-order chi connectivity index (χ0) is 27.5. The lowest BCUT2D eigenvalue weighted by Gasteiger charge is -2.33. The molecule has 0 saturated carbocycles. The van der Waals surface area contributed by atoms with Gasteiger partial charge in [-0.05, 0) is 38.4 Å². The van der Waals surface area contributed by atoms with Crippen LogP contribution in [0.15, 0.2) is 65.9 Å². The number of Topliss-reactive ketones (excluding diaryl/α,β-unsaturated/α-hetero) is 1. The van der Waals surface area contributed by atoms with E-state index in [-0.39, 0.29) is 5.78 Å². The van der Waals surface area contributed by atoms with E-state index in [0.717, 1.165) is 78.6 Å². The molecule has 2 aliphatic rings. The normalized spacial score (nSPS) is 16.4. The molecule has 2 aliphatic heterocycles. The largest absolute Gasteiger partial charge is 0.356 e. The second-order valence-electron chi connectivity index (χ2n) is 10.7. The number of rotatable bonds is 8. The highest BCUT2D eigenvalue weighted by Gasteiger charge is 2.21. The maximum atomic E-state index is 11.7. The molecule has 2 aromatic carbocycles. The molecule has 9 heteroatoms. The van der Waals surface area contributed by atoms with E-state index >= 15 is 0 Å². The molecule has 40 heavy (non-hydrogen) atoms. The number of nitrogens with one attached hydrogen (secondary N) is 1. The summed E-state index contributed by atoms with van der Waals surface area (Å²) in [5, 5.41) is 5.75. The number of piperazine rings is 1. The van der Waals surface area contributed by atoms with Crippen LogP contribution >= 0.6 is 0 Å². The number of carbonyl (C=O) groups is 1. The van der Waals surface area contributed by atoms with E-state index in [2.05, 4.69) is 61.2 Å². The molecule has 9 nitrogen and oxygen atoms in total. The van der Waals surface area contributed by atoms with Crippen LogP contribution in [0, 0.1) is 0 Å². The zero-order valence-electron chi connectivity index (χ0n) is 23.3. The molecule has 4 heterocycles. The van der Waals surface area contributed by atoms with Crippen molar-refractivity contribution in [3.8, 4) is 0 Å². The minimum Gasteiger partial charge on any atom is -0.356 e. The molecule has 0 radical (unpaired) electrons. The Labute approximate surface area is 235 Å². The van der Waals surface area contributed by atoms with Crippen LogP contribution in [0.2, 0.25) is 0 Å². The summed E-state index contributed by atoms with van der Waals surface area (Å²) in [6.07, 6.45) is 6.38. The number of likely N-dealkylation sites (N-methyl/N-ethyl adjacent to an activating group) is 1. The van der Waals surface area contributed by atoms with Gasteiger partial charge < -0.3 is 19.3 Å². The van der Waals surface area contributed by atoms with E-state index < -0.39 is 0 Å². The number of hydrazone groups is 1. The van der Waals surface area contributed by atoms with Crippen LogP contribution in [0.4, 0.5) is 17.6 Å². The number of carbonyl (C=O) groups excluding carboxylic acids is 1. The molecule has 0 spiro atoms. The Morgan fingerprint density at radius 1 is 0.950 bits per heavy atom. The average Bonchev–Trinajstić information content (AvgIpc) is 3.63. The van der Waals surface area contributed by atoms with Gasteiger partial charge in [-0.1, -0.05) is 42.5 Å². The van der Waals surface area contributed by atoms with E-state index in [9.17, 15) is 4.79 Å². The van der Waals surface area contributed by atoms with Gasteiger partial charge in [0.15, 0.2) is 11.6 Å². The van der Waals surface area contributed by atoms with Crippen LogP contribution < -0.4 is 15.2 Å². The van der Waals surface area contributed by atoms with E-state index in [1.165, 1.54) is 12.8 Å². The second-order valence-corrected chi connectivity index (χ2v) is 10.7. The molecular formula is C31H36N8O. The fourth-order valence-electron chi connectivity index (χ4n) is 5.45. The summed E-state index contributed by atoms with van der Waals surface area (Å²) in [7, 11) is 2.15. The molecular weight excluding hydrogens is 500 g/mol. The fraction of sp³-hybridized carbons (Fsp3) is 0.355. The highest BCUT2D eigenvalue weighted by atomic mass is 16.1. The summed E-state index contributed by atoms with van der Waals surface area (Å²) in [5.41, 5.74) is 7.23. The van der Waals surface area contributed by atoms with E-state index in [1.54, 1.807) is 6.92 Å². The predicted molar refractivity (Wildman–Crippen MR) is 162 cm³/mol. The number of hydrogen-bond acceptors (Lipinski definition) is 8. The molecule has 4 aromatic rings. The van der Waals surface area contributed by atoms with Crippen molar-refractivity contribution in [2.75, 3.05) is 61.5 Å². The number of ketones is 1. The first-order valence-electron chi connectivity index (χ1n) is 14.1. The molecule has 2 aromatic heterocycles. The van der Waals surface area contributed by atoms with Gasteiger partial charge >= 0.3 is 0 Å². The minimum absolute atomic E-state index is 0.0795. The van der Waals surface area contributed by atoms with Gasteiger partial charge in [0.1, 0.15) is 5.82 Å². The maximum Gasteiger partial charge on any atom is 0.229 e. The third-order valence-corrected chi connectivity index (χ3v) is 7.83. The van der Waals surface area contributed by atoms with Gasteiger partial charge in [-0.2, -0.15) is 15.1 Å². The lowest BCUT2D eigenvalue weighted by molar-refractivity contribution is 0.101. The van der Waals surface area contributed by atoms with Crippen molar-refractivity contribution >= 4 is 40.5 Å². The monoisotopic (exact) mass is 536 g/mol. The van der Waals surface area contributed by atoms with E-state index in [0.29, 0.717) is 12.4 Å². The summed E-state index contributed by atoms with van der Waals surface area (Å²) in [6.45, 7) is 8.19. The SMILES string of the molecule is CC(=O)c1ccc(Cn2cc(/C=N/Nc3cc(N4CCCC4)nc(N4CCN(C)CC4)n3)c3ccccc32)cc1. The predicted octanol–water partition coefficient (Wildman–Crippen LogP) is 4.48. The van der Waals surface area contributed by atoms with Crippen molar-refractivity contribution in [2.45, 2.75) is 26.3 Å². The van der Waals surface area contributed by atoms with Crippen molar-refractivity contribution in [3.05, 3.63) is 77.5 Å². The Balaban J connectivity index is 1.24. The van der Waals surface area contributed by atoms with Gasteiger partial charge in [0.25, 0.3) is 0 Å². The summed E-state index contributed by atoms with van der Waals surface area (Å²) in [6, 6.07) is 18.2. The van der Waals surface area contributed by atoms with Gasteiger partial charge in [0, 0.05) is 80.1 Å². The molecule has 0 amide bonds. The summed E-state index contributed by atoms with van der Waals surface area (Å²) >= 11 is 0. The first-order chi connectivity index (χ1) is 19.5.